The molecule has 1 N–H and O–H groups in total. The highest BCUT2D eigenvalue weighted by molar-refractivity contribution is 8.02. The zero-order valence-electron chi connectivity index (χ0n) is 20.8. The summed E-state index contributed by atoms with van der Waals surface area (Å²) in [6.45, 7) is 16.1. The number of aliphatic hydroxyl groups is 1. The molecule has 186 valence electrons. The topological polar surface area (TPSA) is 87.2 Å². The minimum absolute atomic E-state index is 0.0324. The van der Waals surface area contributed by atoms with E-state index in [1.165, 1.54) is 0 Å². The van der Waals surface area contributed by atoms with Gasteiger partial charge in [-0.1, -0.05) is 26.8 Å². The first-order chi connectivity index (χ1) is 15.6. The van der Waals surface area contributed by atoms with Crippen LogP contribution in [0.25, 0.3) is 0 Å². The number of carbonyl (C=O) groups is 3. The average Bonchev–Trinajstić information content (AvgIpc) is 3.33. The quantitative estimate of drug-likeness (QED) is 0.382. The van der Waals surface area contributed by atoms with Crippen LogP contribution in [0, 0.1) is 23.7 Å². The van der Waals surface area contributed by atoms with Crippen molar-refractivity contribution < 1.29 is 24.2 Å². The number of nitrogens with zero attached hydrogens (tertiary/aromatic N) is 2. The molecule has 3 rings (SSSR count). The molecule has 0 aromatic carbocycles. The van der Waals surface area contributed by atoms with E-state index < -0.39 is 28.7 Å². The van der Waals surface area contributed by atoms with Gasteiger partial charge in [-0.2, -0.15) is 0 Å². The predicted octanol–water partition coefficient (Wildman–Crippen LogP) is 2.72. The van der Waals surface area contributed by atoms with E-state index in [1.54, 1.807) is 34.6 Å². The number of carbonyl (C=O) groups excluding carboxylic acids is 3. The Morgan fingerprint density at radius 3 is 2.55 bits per heavy atom. The lowest BCUT2D eigenvalue weighted by Gasteiger charge is -2.43. The van der Waals surface area contributed by atoms with Gasteiger partial charge in [-0.25, -0.2) is 0 Å². The van der Waals surface area contributed by atoms with Crippen molar-refractivity contribution in [3.05, 3.63) is 12.7 Å². The average molecular weight is 481 g/mol. The van der Waals surface area contributed by atoms with E-state index in [0.29, 0.717) is 13.0 Å². The van der Waals surface area contributed by atoms with Crippen LogP contribution in [-0.2, 0) is 19.1 Å². The predicted molar refractivity (Wildman–Crippen MR) is 130 cm³/mol. The fourth-order valence-corrected chi connectivity index (χ4v) is 8.70. The summed E-state index contributed by atoms with van der Waals surface area (Å²) in [5, 5.41) is 10.3. The molecule has 3 aliphatic heterocycles. The van der Waals surface area contributed by atoms with Gasteiger partial charge in [-0.3, -0.25) is 14.4 Å². The van der Waals surface area contributed by atoms with Gasteiger partial charge in [0.05, 0.1) is 35.8 Å². The second-order valence-electron chi connectivity index (χ2n) is 10.4. The van der Waals surface area contributed by atoms with E-state index in [0.717, 1.165) is 6.42 Å². The van der Waals surface area contributed by atoms with Gasteiger partial charge >= 0.3 is 5.97 Å². The van der Waals surface area contributed by atoms with Crippen LogP contribution in [0.2, 0.25) is 0 Å². The van der Waals surface area contributed by atoms with Gasteiger partial charge in [-0.15, -0.1) is 18.3 Å². The Labute approximate surface area is 202 Å². The highest BCUT2D eigenvalue weighted by Gasteiger charge is 2.77. The molecule has 2 bridgehead atoms. The van der Waals surface area contributed by atoms with Crippen LogP contribution >= 0.6 is 11.8 Å². The normalized spacial score (nSPS) is 33.5. The molecule has 0 aliphatic carbocycles. The number of hydrogen-bond donors (Lipinski definition) is 1. The molecule has 0 aromatic rings. The number of rotatable bonds is 10. The monoisotopic (exact) mass is 480 g/mol. The fourth-order valence-electron chi connectivity index (χ4n) is 6.31. The lowest BCUT2D eigenvalue weighted by Crippen LogP contribution is -2.60. The maximum absolute atomic E-state index is 14.2. The lowest BCUT2D eigenvalue weighted by molar-refractivity contribution is -0.154. The van der Waals surface area contributed by atoms with E-state index in [1.807, 2.05) is 27.7 Å². The third kappa shape index (κ3) is 4.11. The van der Waals surface area contributed by atoms with Crippen molar-refractivity contribution in [2.45, 2.75) is 82.5 Å². The molecule has 3 saturated heterocycles. The van der Waals surface area contributed by atoms with Crippen LogP contribution in [-0.4, -0.2) is 80.6 Å². The smallest absolute Gasteiger partial charge is 0.310 e. The number of aliphatic hydroxyl groups excluding tert-OH is 1. The Morgan fingerprint density at radius 1 is 1.36 bits per heavy atom. The van der Waals surface area contributed by atoms with Crippen molar-refractivity contribution >= 4 is 29.5 Å². The van der Waals surface area contributed by atoms with E-state index in [9.17, 15) is 19.5 Å². The van der Waals surface area contributed by atoms with Gasteiger partial charge in [0.25, 0.3) is 0 Å². The molecule has 0 saturated carbocycles. The molecule has 3 fully saturated rings. The second-order valence-corrected chi connectivity index (χ2v) is 11.9. The summed E-state index contributed by atoms with van der Waals surface area (Å²) in [6.07, 6.45) is 3.06. The maximum atomic E-state index is 14.2. The van der Waals surface area contributed by atoms with Crippen molar-refractivity contribution in [3.8, 4) is 0 Å². The van der Waals surface area contributed by atoms with Gasteiger partial charge in [0, 0.05) is 17.8 Å². The Balaban J connectivity index is 2.15. The van der Waals surface area contributed by atoms with Crippen LogP contribution in [0.15, 0.2) is 12.7 Å². The van der Waals surface area contributed by atoms with Crippen LogP contribution < -0.4 is 0 Å². The zero-order valence-corrected chi connectivity index (χ0v) is 21.6. The molecule has 3 aliphatic rings. The van der Waals surface area contributed by atoms with E-state index in [-0.39, 0.29) is 54.1 Å². The summed E-state index contributed by atoms with van der Waals surface area (Å²) in [6, 6.07) is -1.27. The first kappa shape index (κ1) is 26.1. The molecule has 33 heavy (non-hydrogen) atoms. The summed E-state index contributed by atoms with van der Waals surface area (Å²) in [4.78, 5) is 44.7. The Bertz CT molecular complexity index is 787. The van der Waals surface area contributed by atoms with E-state index >= 15 is 0 Å². The largest absolute Gasteiger partial charge is 0.466 e. The number of thioether (sulfide) groups is 1. The summed E-state index contributed by atoms with van der Waals surface area (Å²) < 4.78 is 4.69. The highest BCUT2D eigenvalue weighted by atomic mass is 32.2. The molecule has 0 radical (unpaired) electrons. The summed E-state index contributed by atoms with van der Waals surface area (Å²) in [5.41, 5.74) is 0. The molecule has 7 atom stereocenters. The van der Waals surface area contributed by atoms with Crippen LogP contribution in [0.1, 0.15) is 54.4 Å². The Hall–Kier alpha value is -1.54. The molecular weight excluding hydrogens is 440 g/mol. The van der Waals surface area contributed by atoms with Crippen LogP contribution in [0.5, 0.6) is 0 Å². The van der Waals surface area contributed by atoms with Crippen molar-refractivity contribution in [3.63, 3.8) is 0 Å². The number of amides is 2. The minimum Gasteiger partial charge on any atom is -0.466 e. The molecule has 7 nitrogen and oxygen atoms in total. The Morgan fingerprint density at radius 2 is 2.03 bits per heavy atom. The highest BCUT2D eigenvalue weighted by Crippen LogP contribution is 2.69. The SMILES string of the molecule is C=CCN(C(=O)C1N([C@@H](CO)CC(C)C)C(=O)[C@@H]2[C@@H](C(=O)OCC)[C@H]3CC(C)C12S3)C(C)C. The first-order valence-corrected chi connectivity index (χ1v) is 13.1. The minimum atomic E-state index is -0.724. The van der Waals surface area contributed by atoms with Crippen molar-refractivity contribution in [2.24, 2.45) is 23.7 Å². The number of hydrogen-bond acceptors (Lipinski definition) is 6. The molecule has 3 heterocycles. The van der Waals surface area contributed by atoms with E-state index in [2.05, 4.69) is 13.5 Å². The number of ether oxygens (including phenoxy) is 1. The van der Waals surface area contributed by atoms with E-state index in [4.69, 9.17) is 4.74 Å². The fraction of sp³-hybridized carbons (Fsp3) is 0.800. The van der Waals surface area contributed by atoms with Crippen LogP contribution in [0.4, 0.5) is 0 Å². The number of fused-ring (bicyclic) bond motifs is 1. The van der Waals surface area contributed by atoms with Gasteiger partial charge < -0.3 is 19.6 Å². The standard InChI is InChI=1S/C25H40N2O5S/c1-8-10-26(15(5)6)23(30)21-25-16(7)12-18(33-25)19(24(31)32-9-2)20(25)22(29)27(21)17(13-28)11-14(3)4/h8,14-21,28H,1,9-13H2,2-7H3/t16?,17-,18-,19+,20+,21?,25?/m1/s1. The molecule has 8 heteroatoms. The number of esters is 1. The van der Waals surface area contributed by atoms with Crippen molar-refractivity contribution in [1.82, 2.24) is 9.80 Å². The zero-order chi connectivity index (χ0) is 24.7. The molecular formula is C25H40N2O5S. The van der Waals surface area contributed by atoms with Gasteiger partial charge in [-0.05, 0) is 45.4 Å². The van der Waals surface area contributed by atoms with Gasteiger partial charge in [0.15, 0.2) is 0 Å². The van der Waals surface area contributed by atoms with Crippen molar-refractivity contribution in [2.75, 3.05) is 19.8 Å². The molecule has 2 amide bonds. The summed E-state index contributed by atoms with van der Waals surface area (Å²) >= 11 is 1.64. The first-order valence-electron chi connectivity index (χ1n) is 12.2. The van der Waals surface area contributed by atoms with Crippen LogP contribution in [0.3, 0.4) is 0 Å². The van der Waals surface area contributed by atoms with Gasteiger partial charge in [0.2, 0.25) is 11.8 Å². The third-order valence-corrected chi connectivity index (χ3v) is 9.63. The Kier molecular flexibility index (Phi) is 7.89. The summed E-state index contributed by atoms with van der Waals surface area (Å²) in [5.74, 6) is -1.48. The maximum Gasteiger partial charge on any atom is 0.310 e. The molecule has 0 aromatic heterocycles. The van der Waals surface area contributed by atoms with Crippen molar-refractivity contribution in [1.29, 1.82) is 0 Å². The molecule has 1 spiro atoms. The molecule has 3 unspecified atom stereocenters. The van der Waals surface area contributed by atoms with Gasteiger partial charge in [0.1, 0.15) is 6.04 Å². The third-order valence-electron chi connectivity index (χ3n) is 7.56. The number of likely N-dealkylation sites (tertiary alicyclic amines) is 1. The lowest BCUT2D eigenvalue weighted by atomic mass is 9.66. The second kappa shape index (κ2) is 9.98. The summed E-state index contributed by atoms with van der Waals surface area (Å²) in [7, 11) is 0.